The van der Waals surface area contributed by atoms with Crippen LogP contribution in [0.1, 0.15) is 21.5 Å². The maximum absolute atomic E-state index is 14.1. The van der Waals surface area contributed by atoms with Gasteiger partial charge in [0.2, 0.25) is 11.4 Å². The first-order valence-corrected chi connectivity index (χ1v) is 10.6. The molecule has 0 bridgehead atoms. The predicted octanol–water partition coefficient (Wildman–Crippen LogP) is 6.61. The van der Waals surface area contributed by atoms with Gasteiger partial charge in [0, 0.05) is 16.7 Å². The monoisotopic (exact) mass is 548 g/mol. The number of halogens is 6. The molecule has 0 radical (unpaired) electrons. The molecule has 0 aliphatic rings. The molecule has 3 rings (SSSR count). The van der Waals surface area contributed by atoms with E-state index in [0.717, 1.165) is 37.4 Å². The summed E-state index contributed by atoms with van der Waals surface area (Å²) in [7, 11) is 1.13. The highest BCUT2D eigenvalue weighted by Crippen LogP contribution is 2.47. The van der Waals surface area contributed by atoms with Gasteiger partial charge in [-0.05, 0) is 35.9 Å². The number of nitrogens with one attached hydrogen (secondary N) is 1. The quantitative estimate of drug-likeness (QED) is 0.266. The number of rotatable bonds is 6. The number of carbonyl (C=O) groups excluding carboxylic acids is 1. The molecule has 1 amide bonds. The molecule has 0 aliphatic heterocycles. The van der Waals surface area contributed by atoms with E-state index in [4.69, 9.17) is 39.5 Å². The number of benzene rings is 3. The Morgan fingerprint density at radius 1 is 1.03 bits per heavy atom. The zero-order chi connectivity index (χ0) is 26.1. The number of carbonyl (C=O) groups is 1. The zero-order valence-corrected chi connectivity index (χ0v) is 19.8. The number of alkyl halides is 3. The van der Waals surface area contributed by atoms with Gasteiger partial charge in [-0.3, -0.25) is 14.9 Å². The molecule has 0 saturated heterocycles. The van der Waals surface area contributed by atoms with Crippen LogP contribution in [-0.2, 0) is 5.60 Å². The van der Waals surface area contributed by atoms with Crippen molar-refractivity contribution in [3.8, 4) is 5.75 Å². The molecule has 0 heterocycles. The number of ether oxygens (including phenoxy) is 1. The third-order valence-electron chi connectivity index (χ3n) is 5.01. The number of nitro groups is 1. The van der Waals surface area contributed by atoms with Gasteiger partial charge >= 0.3 is 11.9 Å². The minimum atomic E-state index is -5.19. The number of hydrogen-bond donors (Lipinski definition) is 2. The average Bonchev–Trinajstić information content (AvgIpc) is 2.79. The van der Waals surface area contributed by atoms with Crippen molar-refractivity contribution in [3.05, 3.63) is 96.5 Å². The second kappa shape index (κ2) is 9.90. The lowest BCUT2D eigenvalue weighted by atomic mass is 9.85. The second-order valence-electron chi connectivity index (χ2n) is 7.10. The van der Waals surface area contributed by atoms with Crippen molar-refractivity contribution in [2.75, 3.05) is 12.4 Å². The lowest BCUT2D eigenvalue weighted by molar-refractivity contribution is -0.385. The fraction of sp³-hybridized carbons (Fsp3) is 0.136. The van der Waals surface area contributed by atoms with E-state index in [-0.39, 0.29) is 22.0 Å². The summed E-state index contributed by atoms with van der Waals surface area (Å²) in [5, 5.41) is 23.6. The maximum atomic E-state index is 14.1. The first-order valence-electron chi connectivity index (χ1n) is 9.48. The molecule has 2 N–H and O–H groups in total. The minimum Gasteiger partial charge on any atom is -0.490 e. The van der Waals surface area contributed by atoms with E-state index in [2.05, 4.69) is 5.32 Å². The van der Waals surface area contributed by atoms with Crippen molar-refractivity contribution in [2.45, 2.75) is 11.8 Å². The number of methoxy groups -OCH3 is 1. The van der Waals surface area contributed by atoms with Crippen LogP contribution in [-0.4, -0.2) is 29.2 Å². The molecule has 13 heteroatoms. The fourth-order valence-electron chi connectivity index (χ4n) is 3.33. The van der Waals surface area contributed by atoms with Crippen LogP contribution in [0.4, 0.5) is 24.5 Å². The standard InChI is InChI=1S/C22H14Cl3F3N2O5/c1-35-19-14(3-2-4-17(19)30(33)34)20(31)29-18-15(24)9-12(10-16(18)25)21(32,22(26,27)28)11-5-7-13(23)8-6-11/h2-10,32H,1H3,(H,29,31). The number of nitrogens with zero attached hydrogens (tertiary/aromatic N) is 1. The fourth-order valence-corrected chi connectivity index (χ4v) is 4.04. The van der Waals surface area contributed by atoms with Gasteiger partial charge in [0.05, 0.1) is 33.3 Å². The largest absolute Gasteiger partial charge is 0.490 e. The summed E-state index contributed by atoms with van der Waals surface area (Å²) in [5.74, 6) is -1.26. The third-order valence-corrected chi connectivity index (χ3v) is 5.86. The van der Waals surface area contributed by atoms with Gasteiger partial charge in [0.1, 0.15) is 0 Å². The highest BCUT2D eigenvalue weighted by molar-refractivity contribution is 6.40. The molecule has 0 aromatic heterocycles. The first-order chi connectivity index (χ1) is 16.3. The van der Waals surface area contributed by atoms with Crippen molar-refractivity contribution in [2.24, 2.45) is 0 Å². The summed E-state index contributed by atoms with van der Waals surface area (Å²) in [5.41, 5.74) is -5.77. The van der Waals surface area contributed by atoms with Crippen LogP contribution in [0, 0.1) is 10.1 Å². The Hall–Kier alpha value is -3.05. The Morgan fingerprint density at radius 2 is 1.60 bits per heavy atom. The van der Waals surface area contributed by atoms with E-state index in [1.807, 2.05) is 0 Å². The number of amides is 1. The van der Waals surface area contributed by atoms with Gasteiger partial charge in [0.25, 0.3) is 5.91 Å². The molecule has 1 atom stereocenters. The molecule has 0 fully saturated rings. The van der Waals surface area contributed by atoms with Crippen molar-refractivity contribution in [1.82, 2.24) is 0 Å². The summed E-state index contributed by atoms with van der Waals surface area (Å²) in [4.78, 5) is 23.2. The minimum absolute atomic E-state index is 0.156. The molecule has 0 spiro atoms. The van der Waals surface area contributed by atoms with Gasteiger partial charge in [-0.15, -0.1) is 0 Å². The van der Waals surface area contributed by atoms with E-state index in [1.165, 1.54) is 24.3 Å². The van der Waals surface area contributed by atoms with Crippen LogP contribution in [0.2, 0.25) is 15.1 Å². The number of nitro benzene ring substituents is 1. The van der Waals surface area contributed by atoms with Crippen LogP contribution in [0.15, 0.2) is 54.6 Å². The van der Waals surface area contributed by atoms with E-state index < -0.39 is 49.5 Å². The Labute approximate surface area is 211 Å². The molecular formula is C22H14Cl3F3N2O5. The molecule has 3 aromatic rings. The number of hydrogen-bond acceptors (Lipinski definition) is 5. The Kier molecular flexibility index (Phi) is 7.51. The normalized spacial score (nSPS) is 13.1. The smallest absolute Gasteiger partial charge is 0.425 e. The highest BCUT2D eigenvalue weighted by atomic mass is 35.5. The van der Waals surface area contributed by atoms with Crippen molar-refractivity contribution >= 4 is 52.1 Å². The Bertz CT molecular complexity index is 1280. The van der Waals surface area contributed by atoms with Gasteiger partial charge in [-0.25, -0.2) is 0 Å². The molecule has 1 unspecified atom stereocenters. The SMILES string of the molecule is COc1c(C(=O)Nc2c(Cl)cc(C(O)(c3ccc(Cl)cc3)C(F)(F)F)cc2Cl)cccc1[N+](=O)[O-]. The van der Waals surface area contributed by atoms with Gasteiger partial charge < -0.3 is 15.2 Å². The van der Waals surface area contributed by atoms with Crippen LogP contribution in [0.5, 0.6) is 5.75 Å². The van der Waals surface area contributed by atoms with Crippen LogP contribution < -0.4 is 10.1 Å². The van der Waals surface area contributed by atoms with Gasteiger partial charge in [-0.1, -0.05) is 53.0 Å². The van der Waals surface area contributed by atoms with E-state index in [9.17, 15) is 33.2 Å². The maximum Gasteiger partial charge on any atom is 0.425 e. The second-order valence-corrected chi connectivity index (χ2v) is 8.35. The van der Waals surface area contributed by atoms with Crippen LogP contribution in [0.3, 0.4) is 0 Å². The molecule has 7 nitrogen and oxygen atoms in total. The van der Waals surface area contributed by atoms with Gasteiger partial charge in [0.15, 0.2) is 0 Å². The Balaban J connectivity index is 2.06. The molecule has 0 saturated carbocycles. The van der Waals surface area contributed by atoms with Crippen LogP contribution in [0.25, 0.3) is 0 Å². The predicted molar refractivity (Wildman–Crippen MR) is 125 cm³/mol. The summed E-state index contributed by atoms with van der Waals surface area (Å²) in [6.07, 6.45) is -5.19. The first kappa shape index (κ1) is 26.6. The average molecular weight is 550 g/mol. The third kappa shape index (κ3) is 5.01. The Morgan fingerprint density at radius 3 is 2.09 bits per heavy atom. The van der Waals surface area contributed by atoms with Crippen molar-refractivity contribution < 1.29 is 32.7 Å². The lowest BCUT2D eigenvalue weighted by Gasteiger charge is -2.32. The highest BCUT2D eigenvalue weighted by Gasteiger charge is 2.56. The van der Waals surface area contributed by atoms with Crippen molar-refractivity contribution in [3.63, 3.8) is 0 Å². The summed E-state index contributed by atoms with van der Waals surface area (Å²) in [6.45, 7) is 0. The molecule has 184 valence electrons. The summed E-state index contributed by atoms with van der Waals surface area (Å²) in [6, 6.07) is 9.57. The number of anilines is 1. The number of aliphatic hydroxyl groups is 1. The number of para-hydroxylation sites is 1. The van der Waals surface area contributed by atoms with E-state index >= 15 is 0 Å². The summed E-state index contributed by atoms with van der Waals surface area (Å²) < 4.78 is 47.1. The van der Waals surface area contributed by atoms with E-state index in [0.29, 0.717) is 0 Å². The molecule has 0 aliphatic carbocycles. The molecule has 3 aromatic carbocycles. The van der Waals surface area contributed by atoms with Crippen LogP contribution >= 0.6 is 34.8 Å². The zero-order valence-electron chi connectivity index (χ0n) is 17.5. The van der Waals surface area contributed by atoms with Gasteiger partial charge in [-0.2, -0.15) is 13.2 Å². The van der Waals surface area contributed by atoms with E-state index in [1.54, 1.807) is 0 Å². The van der Waals surface area contributed by atoms with Crippen molar-refractivity contribution in [1.29, 1.82) is 0 Å². The lowest BCUT2D eigenvalue weighted by Crippen LogP contribution is -2.43. The molecule has 35 heavy (non-hydrogen) atoms. The molecular weight excluding hydrogens is 536 g/mol. The topological polar surface area (TPSA) is 102 Å². The summed E-state index contributed by atoms with van der Waals surface area (Å²) >= 11 is 18.1.